The Kier molecular flexibility index (Phi) is 3.06. The van der Waals surface area contributed by atoms with Crippen LogP contribution in [0.3, 0.4) is 0 Å². The number of ether oxygens (including phenoxy) is 1. The molecule has 1 saturated heterocycles. The molecule has 1 aliphatic rings. The molecule has 1 aliphatic heterocycles. The fourth-order valence-electron chi connectivity index (χ4n) is 2.29. The van der Waals surface area contributed by atoms with Crippen LogP contribution in [0.5, 0.6) is 0 Å². The number of benzene rings is 1. The van der Waals surface area contributed by atoms with E-state index in [0.29, 0.717) is 6.04 Å². The van der Waals surface area contributed by atoms with Crippen LogP contribution in [0, 0.1) is 6.92 Å². The van der Waals surface area contributed by atoms with Crippen molar-refractivity contribution in [3.05, 3.63) is 23.8 Å². The second-order valence-electron chi connectivity index (χ2n) is 4.66. The van der Waals surface area contributed by atoms with Gasteiger partial charge in [-0.05, 0) is 32.4 Å². The number of anilines is 2. The molecule has 1 aromatic rings. The second-order valence-corrected chi connectivity index (χ2v) is 4.66. The molecule has 2 unspecified atom stereocenters. The summed E-state index contributed by atoms with van der Waals surface area (Å²) in [5, 5.41) is 0. The van der Waals surface area contributed by atoms with Gasteiger partial charge in [-0.1, -0.05) is 12.1 Å². The van der Waals surface area contributed by atoms with E-state index in [1.54, 1.807) is 0 Å². The summed E-state index contributed by atoms with van der Waals surface area (Å²) in [6.07, 6.45) is 0.273. The smallest absolute Gasteiger partial charge is 0.0723 e. The lowest BCUT2D eigenvalue weighted by Crippen LogP contribution is -2.48. The molecule has 88 valence electrons. The maximum atomic E-state index is 6.08. The van der Waals surface area contributed by atoms with E-state index in [4.69, 9.17) is 10.5 Å². The van der Waals surface area contributed by atoms with E-state index in [9.17, 15) is 0 Å². The van der Waals surface area contributed by atoms with Gasteiger partial charge in [-0.15, -0.1) is 0 Å². The van der Waals surface area contributed by atoms with E-state index >= 15 is 0 Å². The van der Waals surface area contributed by atoms with Crippen LogP contribution < -0.4 is 10.6 Å². The molecule has 2 rings (SSSR count). The maximum Gasteiger partial charge on any atom is 0.0723 e. The first kappa shape index (κ1) is 11.3. The summed E-state index contributed by atoms with van der Waals surface area (Å²) in [6, 6.07) is 6.47. The Hall–Kier alpha value is -1.22. The van der Waals surface area contributed by atoms with Crippen LogP contribution in [0.4, 0.5) is 11.4 Å². The summed E-state index contributed by atoms with van der Waals surface area (Å²) in [5.41, 5.74) is 9.35. The molecule has 0 aromatic heterocycles. The van der Waals surface area contributed by atoms with Crippen molar-refractivity contribution in [2.75, 3.05) is 23.8 Å². The number of morpholine rings is 1. The van der Waals surface area contributed by atoms with Crippen LogP contribution >= 0.6 is 0 Å². The Morgan fingerprint density at radius 3 is 2.81 bits per heavy atom. The van der Waals surface area contributed by atoms with E-state index < -0.39 is 0 Å². The van der Waals surface area contributed by atoms with Crippen LogP contribution in [-0.2, 0) is 4.74 Å². The molecule has 0 bridgehead atoms. The van der Waals surface area contributed by atoms with E-state index in [-0.39, 0.29) is 6.10 Å². The predicted octanol–water partition coefficient (Wildman–Crippen LogP) is 2.19. The Balaban J connectivity index is 2.35. The first-order valence-electron chi connectivity index (χ1n) is 5.83. The van der Waals surface area contributed by atoms with E-state index in [2.05, 4.69) is 31.7 Å². The summed E-state index contributed by atoms with van der Waals surface area (Å²) in [6.45, 7) is 8.08. The van der Waals surface area contributed by atoms with Gasteiger partial charge in [-0.25, -0.2) is 0 Å². The molecule has 0 radical (unpaired) electrons. The Morgan fingerprint density at radius 2 is 2.12 bits per heavy atom. The van der Waals surface area contributed by atoms with Crippen LogP contribution in [0.1, 0.15) is 19.4 Å². The van der Waals surface area contributed by atoms with Gasteiger partial charge >= 0.3 is 0 Å². The van der Waals surface area contributed by atoms with E-state index in [0.717, 1.165) is 18.8 Å². The van der Waals surface area contributed by atoms with Crippen molar-refractivity contribution in [3.8, 4) is 0 Å². The zero-order valence-electron chi connectivity index (χ0n) is 10.2. The van der Waals surface area contributed by atoms with Gasteiger partial charge in [0.25, 0.3) is 0 Å². The molecule has 1 heterocycles. The quantitative estimate of drug-likeness (QED) is 0.737. The zero-order chi connectivity index (χ0) is 11.7. The van der Waals surface area contributed by atoms with Crippen molar-refractivity contribution in [1.82, 2.24) is 0 Å². The third-order valence-electron chi connectivity index (χ3n) is 3.16. The number of hydrogen-bond acceptors (Lipinski definition) is 3. The van der Waals surface area contributed by atoms with Gasteiger partial charge in [0.1, 0.15) is 0 Å². The standard InChI is InChI=1S/C13H20N2O/c1-9-5-4-6-12(14)13(9)15-7-11(3)16-8-10(15)2/h4-6,10-11H,7-8,14H2,1-3H3. The van der Waals surface area contributed by atoms with Gasteiger partial charge in [0.15, 0.2) is 0 Å². The predicted molar refractivity (Wildman–Crippen MR) is 67.8 cm³/mol. The normalized spacial score (nSPS) is 25.8. The van der Waals surface area contributed by atoms with Gasteiger partial charge in [-0.3, -0.25) is 0 Å². The largest absolute Gasteiger partial charge is 0.397 e. The Labute approximate surface area is 97.2 Å². The maximum absolute atomic E-state index is 6.08. The van der Waals surface area contributed by atoms with Crippen molar-refractivity contribution >= 4 is 11.4 Å². The molecule has 1 aromatic carbocycles. The Morgan fingerprint density at radius 1 is 1.38 bits per heavy atom. The highest BCUT2D eigenvalue weighted by Gasteiger charge is 2.25. The monoisotopic (exact) mass is 220 g/mol. The van der Waals surface area contributed by atoms with Crippen molar-refractivity contribution in [2.24, 2.45) is 0 Å². The van der Waals surface area contributed by atoms with Crippen molar-refractivity contribution in [3.63, 3.8) is 0 Å². The molecule has 2 atom stereocenters. The number of rotatable bonds is 1. The number of nitrogen functional groups attached to an aromatic ring is 1. The third-order valence-corrected chi connectivity index (χ3v) is 3.16. The molecule has 0 amide bonds. The number of nitrogens with zero attached hydrogens (tertiary/aromatic N) is 1. The first-order chi connectivity index (χ1) is 7.59. The summed E-state index contributed by atoms with van der Waals surface area (Å²) in [4.78, 5) is 2.36. The zero-order valence-corrected chi connectivity index (χ0v) is 10.2. The van der Waals surface area contributed by atoms with E-state index in [1.807, 2.05) is 12.1 Å². The van der Waals surface area contributed by atoms with Crippen LogP contribution in [0.2, 0.25) is 0 Å². The van der Waals surface area contributed by atoms with Crippen molar-refractivity contribution in [1.29, 1.82) is 0 Å². The van der Waals surface area contributed by atoms with Crippen LogP contribution in [-0.4, -0.2) is 25.3 Å². The fraction of sp³-hybridized carbons (Fsp3) is 0.538. The number of hydrogen-bond donors (Lipinski definition) is 1. The molecule has 0 saturated carbocycles. The molecule has 2 N–H and O–H groups in total. The first-order valence-corrected chi connectivity index (χ1v) is 5.83. The average Bonchev–Trinajstić information content (AvgIpc) is 2.23. The van der Waals surface area contributed by atoms with Gasteiger partial charge in [0.05, 0.1) is 24.1 Å². The highest BCUT2D eigenvalue weighted by molar-refractivity contribution is 5.72. The summed E-state index contributed by atoms with van der Waals surface area (Å²) >= 11 is 0. The van der Waals surface area contributed by atoms with Crippen molar-refractivity contribution in [2.45, 2.75) is 32.9 Å². The highest BCUT2D eigenvalue weighted by Crippen LogP contribution is 2.30. The Bertz CT molecular complexity index is 358. The third kappa shape index (κ3) is 2.00. The highest BCUT2D eigenvalue weighted by atomic mass is 16.5. The number of aryl methyl sites for hydroxylation is 1. The minimum Gasteiger partial charge on any atom is -0.397 e. The minimum absolute atomic E-state index is 0.273. The number of nitrogens with two attached hydrogens (primary N) is 1. The molecule has 3 heteroatoms. The van der Waals surface area contributed by atoms with Gasteiger partial charge in [0, 0.05) is 12.6 Å². The lowest BCUT2D eigenvalue weighted by atomic mass is 10.1. The lowest BCUT2D eigenvalue weighted by Gasteiger charge is -2.39. The SMILES string of the molecule is Cc1cccc(N)c1N1CC(C)OCC1C. The molecule has 1 fully saturated rings. The van der Waals surface area contributed by atoms with Gasteiger partial charge in [0.2, 0.25) is 0 Å². The minimum atomic E-state index is 0.273. The van der Waals surface area contributed by atoms with Crippen LogP contribution in [0.25, 0.3) is 0 Å². The summed E-state index contributed by atoms with van der Waals surface area (Å²) in [5.74, 6) is 0. The average molecular weight is 220 g/mol. The van der Waals surface area contributed by atoms with Gasteiger partial charge in [-0.2, -0.15) is 0 Å². The molecule has 16 heavy (non-hydrogen) atoms. The van der Waals surface area contributed by atoms with Crippen molar-refractivity contribution < 1.29 is 4.74 Å². The second kappa shape index (κ2) is 4.34. The van der Waals surface area contributed by atoms with Gasteiger partial charge < -0.3 is 15.4 Å². The number of para-hydroxylation sites is 1. The lowest BCUT2D eigenvalue weighted by molar-refractivity contribution is 0.0344. The van der Waals surface area contributed by atoms with E-state index in [1.165, 1.54) is 11.3 Å². The topological polar surface area (TPSA) is 38.5 Å². The summed E-state index contributed by atoms with van der Waals surface area (Å²) in [7, 11) is 0. The summed E-state index contributed by atoms with van der Waals surface area (Å²) < 4.78 is 5.64. The molecular weight excluding hydrogens is 200 g/mol. The molecule has 0 spiro atoms. The fourth-order valence-corrected chi connectivity index (χ4v) is 2.29. The molecule has 3 nitrogen and oxygen atoms in total. The molecule has 0 aliphatic carbocycles. The van der Waals surface area contributed by atoms with Crippen LogP contribution in [0.15, 0.2) is 18.2 Å². The molecular formula is C13H20N2O.